The van der Waals surface area contributed by atoms with Crippen LogP contribution in [0.5, 0.6) is 11.5 Å². The molecule has 4 aromatic rings. The fraction of sp³-hybridized carbons (Fsp3) is 0.429. The second-order valence-electron chi connectivity index (χ2n) is 10.9. The molecule has 1 aliphatic carbocycles. The number of aromatic nitrogens is 6. The standard InChI is InChI=1S/C28H30N10O3/c1-36-24-19(14-29)20(41-17-4-9-30-22(12-17)33-27(39)37-10-5-18(16-37)40-2)15-31-25(24)34-26(36)32-23-13-21-28(6-3-7-28)8-11-38(21)35-23/h4,9,12-13,15,18H,3,5-8,10-11,16H2,1-2H3,(H,30,33,39)(H,31,32,34,35)/t18-/m0/s1. The Morgan fingerprint density at radius 2 is 2.07 bits per heavy atom. The number of aryl methyl sites for hydroxylation is 2. The number of methoxy groups -OCH3 is 1. The molecule has 0 bridgehead atoms. The summed E-state index contributed by atoms with van der Waals surface area (Å²) in [5.74, 6) is 2.28. The van der Waals surface area contributed by atoms with Gasteiger partial charge in [0.25, 0.3) is 0 Å². The fourth-order valence-corrected chi connectivity index (χ4v) is 6.16. The minimum absolute atomic E-state index is 0.0398. The van der Waals surface area contributed by atoms with Gasteiger partial charge in [-0.05, 0) is 31.7 Å². The number of hydrogen-bond acceptors (Lipinski definition) is 9. The lowest BCUT2D eigenvalue weighted by molar-refractivity contribution is 0.111. The summed E-state index contributed by atoms with van der Waals surface area (Å²) >= 11 is 0. The van der Waals surface area contributed by atoms with Crippen molar-refractivity contribution in [3.05, 3.63) is 41.9 Å². The summed E-state index contributed by atoms with van der Waals surface area (Å²) in [5.41, 5.74) is 2.84. The third-order valence-electron chi connectivity index (χ3n) is 8.61. The van der Waals surface area contributed by atoms with E-state index in [1.165, 1.54) is 43.8 Å². The SMILES string of the molecule is CO[C@H]1CCN(C(=O)Nc2cc(Oc3cnc4nc(Nc5cc6n(n5)CCC65CCC5)n(C)c4c3C#N)ccn2)C1. The molecule has 3 aliphatic rings. The van der Waals surface area contributed by atoms with Crippen LogP contribution in [0.25, 0.3) is 11.2 Å². The Morgan fingerprint density at radius 1 is 1.20 bits per heavy atom. The van der Waals surface area contributed by atoms with Crippen LogP contribution in [0.3, 0.4) is 0 Å². The Balaban J connectivity index is 1.11. The lowest BCUT2D eigenvalue weighted by atomic mass is 9.66. The lowest BCUT2D eigenvalue weighted by Crippen LogP contribution is -2.34. The zero-order chi connectivity index (χ0) is 28.1. The number of urea groups is 1. The molecule has 0 aromatic carbocycles. The molecule has 7 rings (SSSR count). The summed E-state index contributed by atoms with van der Waals surface area (Å²) in [7, 11) is 3.47. The quantitative estimate of drug-likeness (QED) is 0.360. The second-order valence-corrected chi connectivity index (χ2v) is 10.9. The van der Waals surface area contributed by atoms with E-state index in [1.807, 2.05) is 7.05 Å². The van der Waals surface area contributed by atoms with E-state index in [0.717, 1.165) is 18.8 Å². The first kappa shape index (κ1) is 25.3. The topological polar surface area (TPSA) is 148 Å². The average Bonchev–Trinajstić information content (AvgIpc) is 3.72. The summed E-state index contributed by atoms with van der Waals surface area (Å²) in [6.07, 6.45) is 8.74. The molecule has 2 fully saturated rings. The Kier molecular flexibility index (Phi) is 6.01. The Labute approximate surface area is 236 Å². The number of hydrogen-bond donors (Lipinski definition) is 2. The van der Waals surface area contributed by atoms with Crippen LogP contribution in [0.1, 0.15) is 43.4 Å². The number of anilines is 3. The summed E-state index contributed by atoms with van der Waals surface area (Å²) in [6, 6.07) is 7.38. The van der Waals surface area contributed by atoms with Crippen molar-refractivity contribution in [1.82, 2.24) is 34.2 Å². The predicted octanol–water partition coefficient (Wildman–Crippen LogP) is 4.05. The molecule has 4 aromatic heterocycles. The van der Waals surface area contributed by atoms with Gasteiger partial charge in [-0.25, -0.2) is 14.8 Å². The van der Waals surface area contributed by atoms with Crippen molar-refractivity contribution in [3.8, 4) is 17.6 Å². The molecule has 1 atom stereocenters. The Morgan fingerprint density at radius 3 is 2.83 bits per heavy atom. The summed E-state index contributed by atoms with van der Waals surface area (Å²) in [4.78, 5) is 27.7. The van der Waals surface area contributed by atoms with Crippen LogP contribution in [-0.4, -0.2) is 66.5 Å². The molecule has 2 amide bonds. The molecule has 2 aliphatic heterocycles. The molecule has 1 saturated carbocycles. The first-order chi connectivity index (χ1) is 20.0. The number of carbonyl (C=O) groups is 1. The smallest absolute Gasteiger partial charge is 0.323 e. The van der Waals surface area contributed by atoms with Gasteiger partial charge < -0.3 is 24.3 Å². The van der Waals surface area contributed by atoms with Crippen LogP contribution in [0.4, 0.5) is 22.4 Å². The first-order valence-corrected chi connectivity index (χ1v) is 13.8. The summed E-state index contributed by atoms with van der Waals surface area (Å²) in [6.45, 7) is 2.08. The predicted molar refractivity (Wildman–Crippen MR) is 149 cm³/mol. The van der Waals surface area contributed by atoms with Gasteiger partial charge in [-0.2, -0.15) is 15.3 Å². The molecule has 210 valence electrons. The van der Waals surface area contributed by atoms with Crippen LogP contribution in [0.2, 0.25) is 0 Å². The third-order valence-corrected chi connectivity index (χ3v) is 8.61. The van der Waals surface area contributed by atoms with Crippen molar-refractivity contribution in [2.45, 2.75) is 50.2 Å². The number of rotatable bonds is 6. The minimum atomic E-state index is -0.254. The maximum Gasteiger partial charge on any atom is 0.323 e. The number of imidazole rings is 1. The maximum absolute atomic E-state index is 12.7. The number of likely N-dealkylation sites (tertiary alicyclic amines) is 1. The van der Waals surface area contributed by atoms with Crippen LogP contribution in [0.15, 0.2) is 30.6 Å². The van der Waals surface area contributed by atoms with E-state index >= 15 is 0 Å². The number of amides is 2. The van der Waals surface area contributed by atoms with Gasteiger partial charge in [0, 0.05) is 63.2 Å². The van der Waals surface area contributed by atoms with Crippen LogP contribution < -0.4 is 15.4 Å². The van der Waals surface area contributed by atoms with E-state index in [1.54, 1.807) is 28.7 Å². The highest BCUT2D eigenvalue weighted by atomic mass is 16.5. The molecule has 6 heterocycles. The molecule has 0 unspecified atom stereocenters. The number of fused-ring (bicyclic) bond motifs is 3. The van der Waals surface area contributed by atoms with Crippen LogP contribution in [0, 0.1) is 11.3 Å². The second kappa shape index (κ2) is 9.74. The van der Waals surface area contributed by atoms with Gasteiger partial charge >= 0.3 is 6.03 Å². The van der Waals surface area contributed by atoms with Crippen molar-refractivity contribution < 1.29 is 14.3 Å². The lowest BCUT2D eigenvalue weighted by Gasteiger charge is -2.37. The van der Waals surface area contributed by atoms with Gasteiger partial charge in [-0.1, -0.05) is 6.42 Å². The monoisotopic (exact) mass is 554 g/mol. The number of nitrogens with one attached hydrogen (secondary N) is 2. The van der Waals surface area contributed by atoms with Crippen molar-refractivity contribution in [2.75, 3.05) is 30.8 Å². The van der Waals surface area contributed by atoms with Crippen LogP contribution >= 0.6 is 0 Å². The highest BCUT2D eigenvalue weighted by molar-refractivity contribution is 5.89. The van der Waals surface area contributed by atoms with Gasteiger partial charge in [0.05, 0.1) is 12.3 Å². The highest BCUT2D eigenvalue weighted by Gasteiger charge is 2.45. The van der Waals surface area contributed by atoms with Gasteiger partial charge in [0.2, 0.25) is 5.95 Å². The van der Waals surface area contributed by atoms with Gasteiger partial charge in [0.15, 0.2) is 17.2 Å². The van der Waals surface area contributed by atoms with E-state index in [4.69, 9.17) is 14.6 Å². The normalized spacial score (nSPS) is 18.8. The highest BCUT2D eigenvalue weighted by Crippen LogP contribution is 2.50. The van der Waals surface area contributed by atoms with Gasteiger partial charge in [0.1, 0.15) is 28.7 Å². The summed E-state index contributed by atoms with van der Waals surface area (Å²) in [5, 5.41) is 21.0. The first-order valence-electron chi connectivity index (χ1n) is 13.8. The molecule has 1 saturated heterocycles. The van der Waals surface area contributed by atoms with Crippen molar-refractivity contribution in [3.63, 3.8) is 0 Å². The molecule has 2 N–H and O–H groups in total. The van der Waals surface area contributed by atoms with E-state index in [-0.39, 0.29) is 23.3 Å². The molecular weight excluding hydrogens is 524 g/mol. The van der Waals surface area contributed by atoms with Crippen molar-refractivity contribution in [2.24, 2.45) is 7.05 Å². The molecular formula is C28H30N10O3. The molecule has 1 spiro atoms. The van der Waals surface area contributed by atoms with Crippen molar-refractivity contribution in [1.29, 1.82) is 5.26 Å². The van der Waals surface area contributed by atoms with E-state index in [0.29, 0.717) is 47.3 Å². The number of nitriles is 1. The summed E-state index contributed by atoms with van der Waals surface area (Å²) < 4.78 is 15.3. The molecule has 13 heteroatoms. The molecule has 41 heavy (non-hydrogen) atoms. The number of ether oxygens (including phenoxy) is 2. The fourth-order valence-electron chi connectivity index (χ4n) is 6.16. The number of nitrogens with zero attached hydrogens (tertiary/aromatic N) is 8. The van der Waals surface area contributed by atoms with Crippen LogP contribution in [-0.2, 0) is 23.7 Å². The third kappa shape index (κ3) is 4.31. The number of pyridine rings is 2. The van der Waals surface area contributed by atoms with Gasteiger partial charge in [-0.15, -0.1) is 0 Å². The molecule has 13 nitrogen and oxygen atoms in total. The zero-order valence-electron chi connectivity index (χ0n) is 22.9. The Bertz CT molecular complexity index is 1700. The largest absolute Gasteiger partial charge is 0.454 e. The van der Waals surface area contributed by atoms with E-state index in [9.17, 15) is 10.1 Å². The zero-order valence-corrected chi connectivity index (χ0v) is 22.9. The van der Waals surface area contributed by atoms with Gasteiger partial charge in [-0.3, -0.25) is 10.00 Å². The maximum atomic E-state index is 12.7. The molecule has 0 radical (unpaired) electrons. The van der Waals surface area contributed by atoms with E-state index < -0.39 is 0 Å². The Hall–Kier alpha value is -4.70. The van der Waals surface area contributed by atoms with Crippen molar-refractivity contribution >= 4 is 34.8 Å². The number of carbonyl (C=O) groups excluding carboxylic acids is 1. The van der Waals surface area contributed by atoms with E-state index in [2.05, 4.69) is 42.4 Å². The average molecular weight is 555 g/mol. The minimum Gasteiger partial charge on any atom is -0.454 e.